The molecule has 0 bridgehead atoms. The Labute approximate surface area is 157 Å². The zero-order chi connectivity index (χ0) is 17.3. The van der Waals surface area contributed by atoms with E-state index in [0.29, 0.717) is 6.42 Å². The van der Waals surface area contributed by atoms with Crippen LogP contribution in [0.5, 0.6) is 0 Å². The van der Waals surface area contributed by atoms with Crippen LogP contribution in [0.2, 0.25) is 0 Å². The van der Waals surface area contributed by atoms with E-state index < -0.39 is 9.96 Å². The van der Waals surface area contributed by atoms with Gasteiger partial charge < -0.3 is 16.0 Å². The molecule has 1 atom stereocenters. The molecular formula is C15H20Cl3N3OS. The lowest BCUT2D eigenvalue weighted by Gasteiger charge is -2.27. The Balaban J connectivity index is 2.57. The molecule has 1 amide bonds. The van der Waals surface area contributed by atoms with Gasteiger partial charge in [-0.05, 0) is 30.8 Å². The van der Waals surface area contributed by atoms with Crippen LogP contribution in [0.4, 0.5) is 5.69 Å². The normalized spacial score (nSPS) is 12.3. The van der Waals surface area contributed by atoms with Crippen molar-refractivity contribution in [2.75, 3.05) is 5.32 Å². The molecule has 0 aliphatic heterocycles. The first-order valence-electron chi connectivity index (χ1n) is 7.31. The summed E-state index contributed by atoms with van der Waals surface area (Å²) in [7, 11) is 0. The first-order chi connectivity index (χ1) is 10.8. The summed E-state index contributed by atoms with van der Waals surface area (Å²) in [6.45, 7) is 2.07. The van der Waals surface area contributed by atoms with E-state index >= 15 is 0 Å². The topological polar surface area (TPSA) is 53.2 Å². The van der Waals surface area contributed by atoms with Crippen LogP contribution in [-0.2, 0) is 4.79 Å². The lowest BCUT2D eigenvalue weighted by molar-refractivity contribution is -0.122. The monoisotopic (exact) mass is 395 g/mol. The molecule has 4 nitrogen and oxygen atoms in total. The average Bonchev–Trinajstić information content (AvgIpc) is 2.47. The van der Waals surface area contributed by atoms with Crippen LogP contribution >= 0.6 is 47.0 Å². The molecule has 0 saturated carbocycles. The van der Waals surface area contributed by atoms with Gasteiger partial charge in [0.15, 0.2) is 5.11 Å². The Hall–Kier alpha value is -0.750. The van der Waals surface area contributed by atoms with Crippen LogP contribution in [0.15, 0.2) is 30.3 Å². The smallest absolute Gasteiger partial charge is 0.228 e. The number of hydrogen-bond acceptors (Lipinski definition) is 2. The van der Waals surface area contributed by atoms with Gasteiger partial charge in [0.25, 0.3) is 0 Å². The summed E-state index contributed by atoms with van der Waals surface area (Å²) in [5.74, 6) is -0.190. The molecule has 0 aliphatic carbocycles. The highest BCUT2D eigenvalue weighted by Gasteiger charge is 2.34. The van der Waals surface area contributed by atoms with Crippen LogP contribution in [0.25, 0.3) is 0 Å². The molecule has 8 heteroatoms. The van der Waals surface area contributed by atoms with Gasteiger partial charge in [0.1, 0.15) is 6.17 Å². The average molecular weight is 397 g/mol. The van der Waals surface area contributed by atoms with Gasteiger partial charge in [-0.15, -0.1) is 0 Å². The Kier molecular flexibility index (Phi) is 8.99. The number of benzene rings is 1. The second-order valence-corrected chi connectivity index (χ2v) is 7.74. The minimum absolute atomic E-state index is 0.190. The highest BCUT2D eigenvalue weighted by molar-refractivity contribution is 7.80. The van der Waals surface area contributed by atoms with Crippen molar-refractivity contribution in [3.63, 3.8) is 0 Å². The third kappa shape index (κ3) is 8.61. The van der Waals surface area contributed by atoms with Crippen molar-refractivity contribution in [3.8, 4) is 0 Å². The number of rotatable bonds is 7. The molecule has 23 heavy (non-hydrogen) atoms. The lowest BCUT2D eigenvalue weighted by atomic mass is 10.2. The number of hydrogen-bond donors (Lipinski definition) is 3. The lowest BCUT2D eigenvalue weighted by Crippen LogP contribution is -2.56. The van der Waals surface area contributed by atoms with E-state index in [2.05, 4.69) is 22.9 Å². The van der Waals surface area contributed by atoms with E-state index in [-0.39, 0.29) is 11.0 Å². The highest BCUT2D eigenvalue weighted by Crippen LogP contribution is 2.29. The first kappa shape index (κ1) is 20.3. The number of carbonyl (C=O) groups is 1. The largest absolute Gasteiger partial charge is 0.339 e. The van der Waals surface area contributed by atoms with Crippen LogP contribution in [-0.4, -0.2) is 21.0 Å². The van der Waals surface area contributed by atoms with E-state index in [1.165, 1.54) is 0 Å². The third-order valence-corrected chi connectivity index (χ3v) is 3.82. The van der Waals surface area contributed by atoms with Gasteiger partial charge in [0.05, 0.1) is 0 Å². The molecule has 128 valence electrons. The van der Waals surface area contributed by atoms with Gasteiger partial charge >= 0.3 is 0 Å². The number of anilines is 1. The number of amides is 1. The summed E-state index contributed by atoms with van der Waals surface area (Å²) in [4.78, 5) is 11.9. The van der Waals surface area contributed by atoms with Gasteiger partial charge in [0.2, 0.25) is 9.70 Å². The quantitative estimate of drug-likeness (QED) is 0.277. The second-order valence-electron chi connectivity index (χ2n) is 4.96. The Morgan fingerprint density at radius 2 is 1.83 bits per heavy atom. The van der Waals surface area contributed by atoms with Crippen molar-refractivity contribution in [3.05, 3.63) is 30.3 Å². The van der Waals surface area contributed by atoms with Crippen molar-refractivity contribution >= 4 is 63.7 Å². The number of halogens is 3. The minimum Gasteiger partial charge on any atom is -0.339 e. The number of thiocarbonyl (C=S) groups is 1. The first-order valence-corrected chi connectivity index (χ1v) is 8.85. The molecular weight excluding hydrogens is 377 g/mol. The van der Waals surface area contributed by atoms with E-state index in [1.54, 1.807) is 0 Å². The predicted molar refractivity (Wildman–Crippen MR) is 102 cm³/mol. The van der Waals surface area contributed by atoms with Gasteiger partial charge in [-0.3, -0.25) is 4.79 Å². The van der Waals surface area contributed by atoms with Gasteiger partial charge in [-0.2, -0.15) is 0 Å². The summed E-state index contributed by atoms with van der Waals surface area (Å²) in [6.07, 6.45) is 2.26. The summed E-state index contributed by atoms with van der Waals surface area (Å²) in [5, 5.41) is 8.69. The SMILES string of the molecule is CCCCCC(=O)NC(NC(=S)Nc1ccccc1)C(Cl)(Cl)Cl. The molecule has 1 rings (SSSR count). The van der Waals surface area contributed by atoms with E-state index in [4.69, 9.17) is 47.0 Å². The van der Waals surface area contributed by atoms with Crippen molar-refractivity contribution in [1.29, 1.82) is 0 Å². The van der Waals surface area contributed by atoms with Gasteiger partial charge in [-0.1, -0.05) is 72.8 Å². The molecule has 0 saturated heterocycles. The number of alkyl halides is 3. The number of nitrogens with one attached hydrogen (secondary N) is 3. The second kappa shape index (κ2) is 10.2. The molecule has 0 spiro atoms. The molecule has 0 fully saturated rings. The summed E-state index contributed by atoms with van der Waals surface area (Å²) in [5.41, 5.74) is 0.794. The van der Waals surface area contributed by atoms with Crippen LogP contribution in [0.3, 0.4) is 0 Å². The van der Waals surface area contributed by atoms with Gasteiger partial charge in [-0.25, -0.2) is 0 Å². The summed E-state index contributed by atoms with van der Waals surface area (Å²) in [6, 6.07) is 9.32. The fraction of sp³-hybridized carbons (Fsp3) is 0.467. The van der Waals surface area contributed by atoms with Crippen molar-refractivity contribution in [1.82, 2.24) is 10.6 Å². The zero-order valence-corrected chi connectivity index (χ0v) is 15.8. The van der Waals surface area contributed by atoms with E-state index in [0.717, 1.165) is 24.9 Å². The standard InChI is InChI=1S/C15H20Cl3N3OS/c1-2-3-5-10-12(22)20-13(15(16,17)18)21-14(23)19-11-8-6-4-7-9-11/h4,6-9,13H,2-3,5,10H2,1H3,(H,20,22)(H2,19,21,23). The predicted octanol–water partition coefficient (Wildman–Crippen LogP) is 4.37. The van der Waals surface area contributed by atoms with Crippen molar-refractivity contribution in [2.45, 2.75) is 42.6 Å². The Morgan fingerprint density at radius 3 is 2.39 bits per heavy atom. The number of para-hydroxylation sites is 1. The highest BCUT2D eigenvalue weighted by atomic mass is 35.6. The maximum atomic E-state index is 11.9. The fourth-order valence-electron chi connectivity index (χ4n) is 1.79. The Bertz CT molecular complexity index is 508. The fourth-order valence-corrected chi connectivity index (χ4v) is 2.35. The van der Waals surface area contributed by atoms with Crippen LogP contribution in [0, 0.1) is 0 Å². The molecule has 3 N–H and O–H groups in total. The molecule has 0 heterocycles. The summed E-state index contributed by atoms with van der Waals surface area (Å²) < 4.78 is -1.73. The van der Waals surface area contributed by atoms with Crippen LogP contribution < -0.4 is 16.0 Å². The third-order valence-electron chi connectivity index (χ3n) is 2.95. The van der Waals surface area contributed by atoms with Crippen molar-refractivity contribution < 1.29 is 4.79 Å². The van der Waals surface area contributed by atoms with E-state index in [1.807, 2.05) is 30.3 Å². The molecule has 1 aromatic carbocycles. The molecule has 0 aliphatic rings. The van der Waals surface area contributed by atoms with Crippen molar-refractivity contribution in [2.24, 2.45) is 0 Å². The number of unbranched alkanes of at least 4 members (excludes halogenated alkanes) is 2. The zero-order valence-electron chi connectivity index (χ0n) is 12.7. The summed E-state index contributed by atoms with van der Waals surface area (Å²) >= 11 is 22.9. The molecule has 1 unspecified atom stereocenters. The number of carbonyl (C=O) groups excluding carboxylic acids is 1. The maximum absolute atomic E-state index is 11.9. The molecule has 0 aromatic heterocycles. The molecule has 0 radical (unpaired) electrons. The minimum atomic E-state index is -1.73. The molecule has 1 aromatic rings. The Morgan fingerprint density at radius 1 is 1.17 bits per heavy atom. The maximum Gasteiger partial charge on any atom is 0.228 e. The van der Waals surface area contributed by atoms with Gasteiger partial charge in [0, 0.05) is 12.1 Å². The van der Waals surface area contributed by atoms with Crippen LogP contribution in [0.1, 0.15) is 32.6 Å². The van der Waals surface area contributed by atoms with E-state index in [9.17, 15) is 4.79 Å².